The zero-order valence-corrected chi connectivity index (χ0v) is 17.6. The van der Waals surface area contributed by atoms with Crippen molar-refractivity contribution in [3.63, 3.8) is 0 Å². The minimum Gasteiger partial charge on any atom is -0.497 e. The van der Waals surface area contributed by atoms with Crippen LogP contribution in [0.3, 0.4) is 0 Å². The van der Waals surface area contributed by atoms with E-state index in [0.717, 1.165) is 4.31 Å². The predicted octanol–water partition coefficient (Wildman–Crippen LogP) is 3.71. The van der Waals surface area contributed by atoms with E-state index >= 15 is 0 Å². The van der Waals surface area contributed by atoms with Gasteiger partial charge in [-0.15, -0.1) is 0 Å². The molecule has 0 radical (unpaired) electrons. The maximum Gasteiger partial charge on any atom is 0.270 e. The highest BCUT2D eigenvalue weighted by Gasteiger charge is 2.42. The summed E-state index contributed by atoms with van der Waals surface area (Å²) in [6.45, 7) is 3.80. The number of benzene rings is 2. The fraction of sp³-hybridized carbons (Fsp3) is 0.316. The number of hydrogen-bond acceptors (Lipinski definition) is 5. The number of fused-ring (bicyclic) bond motifs is 1. The van der Waals surface area contributed by atoms with Gasteiger partial charge in [0.25, 0.3) is 15.9 Å². The van der Waals surface area contributed by atoms with Crippen LogP contribution in [0, 0.1) is 5.92 Å². The first-order valence-electron chi connectivity index (χ1n) is 8.41. The van der Waals surface area contributed by atoms with Crippen molar-refractivity contribution >= 4 is 31.9 Å². The summed E-state index contributed by atoms with van der Waals surface area (Å²) in [5.41, 5.74) is 0.240. The van der Waals surface area contributed by atoms with Crippen molar-refractivity contribution in [2.24, 2.45) is 5.92 Å². The molecule has 0 saturated carbocycles. The molecule has 0 N–H and O–H groups in total. The van der Waals surface area contributed by atoms with Gasteiger partial charge in [0.1, 0.15) is 23.0 Å². The Labute approximate surface area is 167 Å². The topological polar surface area (TPSA) is 72.9 Å². The number of hydrogen-bond donors (Lipinski definition) is 0. The third kappa shape index (κ3) is 3.68. The number of nitrogens with zero attached hydrogens (tertiary/aromatic N) is 1. The predicted molar refractivity (Wildman–Crippen MR) is 105 cm³/mol. The van der Waals surface area contributed by atoms with Crippen LogP contribution in [0.25, 0.3) is 0 Å². The number of sulfonamides is 1. The van der Waals surface area contributed by atoms with Crippen LogP contribution in [-0.4, -0.2) is 38.4 Å². The molecule has 2 aromatic rings. The van der Waals surface area contributed by atoms with Gasteiger partial charge in [-0.2, -0.15) is 0 Å². The molecule has 1 heterocycles. The number of ether oxygens (including phenoxy) is 2. The highest BCUT2D eigenvalue weighted by Crippen LogP contribution is 2.36. The lowest BCUT2D eigenvalue weighted by Crippen LogP contribution is -2.48. The average molecular weight is 454 g/mol. The van der Waals surface area contributed by atoms with Gasteiger partial charge in [0.2, 0.25) is 0 Å². The molecule has 6 nitrogen and oxygen atoms in total. The maximum atomic E-state index is 13.4. The van der Waals surface area contributed by atoms with E-state index < -0.39 is 22.0 Å². The van der Waals surface area contributed by atoms with Gasteiger partial charge >= 0.3 is 0 Å². The summed E-state index contributed by atoms with van der Waals surface area (Å²) in [6.07, 6.45) is 0. The van der Waals surface area contributed by atoms with Gasteiger partial charge in [-0.1, -0.05) is 35.8 Å². The lowest BCUT2D eigenvalue weighted by molar-refractivity contribution is 0.0751. The van der Waals surface area contributed by atoms with Crippen molar-refractivity contribution in [1.82, 2.24) is 4.31 Å². The van der Waals surface area contributed by atoms with Crippen molar-refractivity contribution in [1.29, 1.82) is 0 Å². The van der Waals surface area contributed by atoms with Crippen LogP contribution in [0.15, 0.2) is 51.8 Å². The second kappa shape index (κ2) is 7.52. The largest absolute Gasteiger partial charge is 0.497 e. The van der Waals surface area contributed by atoms with E-state index in [1.807, 2.05) is 13.8 Å². The Morgan fingerprint density at radius 2 is 2.00 bits per heavy atom. The molecule has 144 valence electrons. The lowest BCUT2D eigenvalue weighted by atomic mass is 10.0. The van der Waals surface area contributed by atoms with Crippen LogP contribution in [0.5, 0.6) is 11.5 Å². The monoisotopic (exact) mass is 453 g/mol. The Bertz CT molecular complexity index is 974. The number of rotatable bonds is 3. The van der Waals surface area contributed by atoms with E-state index in [4.69, 9.17) is 9.47 Å². The Balaban J connectivity index is 2.16. The van der Waals surface area contributed by atoms with Crippen molar-refractivity contribution < 1.29 is 22.7 Å². The molecule has 8 heteroatoms. The van der Waals surface area contributed by atoms with Crippen LogP contribution in [0.1, 0.15) is 24.2 Å². The Hall–Kier alpha value is -2.06. The third-order valence-electron chi connectivity index (χ3n) is 4.44. The number of carbonyl (C=O) groups is 1. The van der Waals surface area contributed by atoms with E-state index in [1.54, 1.807) is 30.3 Å². The smallest absolute Gasteiger partial charge is 0.270 e. The average Bonchev–Trinajstić information content (AvgIpc) is 2.74. The molecule has 1 amide bonds. The van der Waals surface area contributed by atoms with E-state index in [9.17, 15) is 13.2 Å². The molecule has 0 spiro atoms. The minimum absolute atomic E-state index is 0.0231. The molecule has 2 aromatic carbocycles. The van der Waals surface area contributed by atoms with Crippen LogP contribution in [-0.2, 0) is 10.0 Å². The summed E-state index contributed by atoms with van der Waals surface area (Å²) in [4.78, 5) is 13.2. The molecular formula is C19H20BrNO5S. The summed E-state index contributed by atoms with van der Waals surface area (Å²) in [5, 5.41) is 0. The van der Waals surface area contributed by atoms with Crippen molar-refractivity contribution in [2.75, 3.05) is 13.7 Å². The van der Waals surface area contributed by atoms with E-state index in [1.165, 1.54) is 19.2 Å². The molecular weight excluding hydrogens is 434 g/mol. The zero-order chi connectivity index (χ0) is 19.8. The third-order valence-corrected chi connectivity index (χ3v) is 6.78. The summed E-state index contributed by atoms with van der Waals surface area (Å²) >= 11 is 3.32. The molecule has 1 aliphatic rings. The Morgan fingerprint density at radius 1 is 1.26 bits per heavy atom. The van der Waals surface area contributed by atoms with Crippen molar-refractivity contribution in [3.05, 3.63) is 52.5 Å². The van der Waals surface area contributed by atoms with Gasteiger partial charge in [0.05, 0.1) is 13.2 Å². The first kappa shape index (κ1) is 19.7. The molecule has 27 heavy (non-hydrogen) atoms. The Kier molecular flexibility index (Phi) is 5.48. The molecule has 3 rings (SSSR count). The Morgan fingerprint density at radius 3 is 2.67 bits per heavy atom. The summed E-state index contributed by atoms with van der Waals surface area (Å²) in [5.74, 6) is -0.0234. The molecule has 0 saturated heterocycles. The van der Waals surface area contributed by atoms with E-state index in [-0.39, 0.29) is 28.7 Å². The lowest BCUT2D eigenvalue weighted by Gasteiger charge is -2.30. The van der Waals surface area contributed by atoms with Crippen LogP contribution in [0.4, 0.5) is 0 Å². The fourth-order valence-corrected chi connectivity index (χ4v) is 5.09. The van der Waals surface area contributed by atoms with Gasteiger partial charge in [-0.25, -0.2) is 12.7 Å². The number of halogens is 1. The van der Waals surface area contributed by atoms with Crippen LogP contribution < -0.4 is 9.47 Å². The van der Waals surface area contributed by atoms with Gasteiger partial charge in [0, 0.05) is 10.0 Å². The second-order valence-corrected chi connectivity index (χ2v) is 9.25. The van der Waals surface area contributed by atoms with Crippen LogP contribution in [0.2, 0.25) is 0 Å². The van der Waals surface area contributed by atoms with E-state index in [0.29, 0.717) is 10.2 Å². The fourth-order valence-electron chi connectivity index (χ4n) is 2.94. The van der Waals surface area contributed by atoms with Gasteiger partial charge in [-0.3, -0.25) is 4.79 Å². The maximum absolute atomic E-state index is 13.4. The van der Waals surface area contributed by atoms with Gasteiger partial charge < -0.3 is 9.47 Å². The first-order valence-corrected chi connectivity index (χ1v) is 10.6. The number of amides is 1. The SMILES string of the molecule is COc1cccc(C(=O)N2C(C(C)C)COc3cc(Br)ccc3S2(=O)=O)c1. The summed E-state index contributed by atoms with van der Waals surface area (Å²) in [7, 11) is -2.61. The summed E-state index contributed by atoms with van der Waals surface area (Å²) < 4.78 is 39.4. The number of methoxy groups -OCH3 is 1. The normalized spacial score (nSPS) is 18.4. The first-order chi connectivity index (χ1) is 12.8. The van der Waals surface area contributed by atoms with Crippen molar-refractivity contribution in [2.45, 2.75) is 24.8 Å². The molecule has 1 atom stereocenters. The molecule has 1 unspecified atom stereocenters. The van der Waals surface area contributed by atoms with Gasteiger partial charge in [0.15, 0.2) is 0 Å². The standard InChI is InChI=1S/C19H20BrNO5S/c1-12(2)16-11-26-17-10-14(20)7-8-18(17)27(23,24)21(16)19(22)13-5-4-6-15(9-13)25-3/h4-10,12,16H,11H2,1-3H3. The molecule has 0 aromatic heterocycles. The molecule has 0 aliphatic carbocycles. The minimum atomic E-state index is -4.10. The summed E-state index contributed by atoms with van der Waals surface area (Å²) in [6, 6.07) is 10.5. The molecule has 1 aliphatic heterocycles. The highest BCUT2D eigenvalue weighted by molar-refractivity contribution is 9.10. The second-order valence-electron chi connectivity index (χ2n) is 6.55. The highest BCUT2D eigenvalue weighted by atomic mass is 79.9. The quantitative estimate of drug-likeness (QED) is 0.707. The van der Waals surface area contributed by atoms with Crippen molar-refractivity contribution in [3.8, 4) is 11.5 Å². The number of carbonyl (C=O) groups excluding carboxylic acids is 1. The molecule has 0 bridgehead atoms. The van der Waals surface area contributed by atoms with Crippen LogP contribution >= 0.6 is 15.9 Å². The zero-order valence-electron chi connectivity index (χ0n) is 15.2. The van der Waals surface area contributed by atoms with E-state index in [2.05, 4.69) is 15.9 Å². The van der Waals surface area contributed by atoms with Gasteiger partial charge in [-0.05, 0) is 42.3 Å². The molecule has 0 fully saturated rings.